The van der Waals surface area contributed by atoms with Crippen molar-refractivity contribution in [2.45, 2.75) is 0 Å². The zero-order valence-electron chi connectivity index (χ0n) is 35.1. The number of hydrogen-bond acceptors (Lipinski definition) is 3. The van der Waals surface area contributed by atoms with Gasteiger partial charge in [0.15, 0.2) is 11.6 Å². The van der Waals surface area contributed by atoms with E-state index in [9.17, 15) is 0 Å². The van der Waals surface area contributed by atoms with E-state index >= 15 is 0 Å². The quantitative estimate of drug-likeness (QED) is 0.162. The molecule has 0 aliphatic rings. The van der Waals surface area contributed by atoms with Gasteiger partial charge in [0, 0.05) is 21.9 Å². The number of hydrogen-bond donors (Lipinski definition) is 0. The average molecular weight is 825 g/mol. The normalized spacial score (nSPS) is 12.0. The molecule has 4 nitrogen and oxygen atoms in total. The van der Waals surface area contributed by atoms with Crippen LogP contribution in [0.15, 0.2) is 218 Å². The minimum atomic E-state index is 0.588. The van der Waals surface area contributed by atoms with E-state index in [4.69, 9.17) is 15.0 Å². The van der Waals surface area contributed by atoms with Crippen LogP contribution in [0.5, 0.6) is 0 Å². The van der Waals surface area contributed by atoms with Gasteiger partial charge in [0.1, 0.15) is 0 Å². The molecule has 0 saturated heterocycles. The topological polar surface area (TPSA) is 43.6 Å². The van der Waals surface area contributed by atoms with Gasteiger partial charge in [-0.2, -0.15) is 9.97 Å². The first kappa shape index (κ1) is 35.8. The molecule has 0 spiro atoms. The van der Waals surface area contributed by atoms with Crippen molar-refractivity contribution < 1.29 is 0 Å². The SMILES string of the molecule is c1ccc(-c2nc(-c3ccc(-c4cccc(-c5cc6ccc7cccc8c9cccc%10ccc%11cccc(c(c5)c6c78)c%11c%109)c4)cc3)nc(-n3c4ccccc4c4ccccc43)n2)cc1. The Kier molecular flexibility index (Phi) is 7.65. The van der Waals surface area contributed by atoms with E-state index in [0.29, 0.717) is 17.6 Å². The smallest absolute Gasteiger partial charge is 0.238 e. The van der Waals surface area contributed by atoms with Gasteiger partial charge in [0.05, 0.1) is 11.0 Å². The Balaban J connectivity index is 0.913. The molecule has 2 aromatic heterocycles. The van der Waals surface area contributed by atoms with Gasteiger partial charge in [0.2, 0.25) is 5.95 Å². The fourth-order valence-electron chi connectivity index (χ4n) is 10.6. The first-order chi connectivity index (χ1) is 32.2. The van der Waals surface area contributed by atoms with E-state index in [2.05, 4.69) is 205 Å². The second kappa shape index (κ2) is 13.9. The van der Waals surface area contributed by atoms with Crippen molar-refractivity contribution >= 4 is 86.4 Å². The number of aromatic nitrogens is 4. The van der Waals surface area contributed by atoms with Gasteiger partial charge in [-0.15, -0.1) is 0 Å². The molecule has 14 aromatic rings. The average Bonchev–Trinajstić information content (AvgIpc) is 3.72. The van der Waals surface area contributed by atoms with Crippen LogP contribution < -0.4 is 0 Å². The molecule has 4 heteroatoms. The van der Waals surface area contributed by atoms with Crippen molar-refractivity contribution in [3.8, 4) is 51.0 Å². The third-order valence-electron chi connectivity index (χ3n) is 13.5. The number of nitrogens with zero attached hydrogens (tertiary/aromatic N) is 4. The number of fused-ring (bicyclic) bond motifs is 5. The molecule has 0 amide bonds. The molecule has 0 bridgehead atoms. The van der Waals surface area contributed by atoms with Crippen molar-refractivity contribution in [2.75, 3.05) is 0 Å². The second-order valence-electron chi connectivity index (χ2n) is 17.1. The fourth-order valence-corrected chi connectivity index (χ4v) is 10.6. The molecule has 0 fully saturated rings. The Morgan fingerprint density at radius 3 is 1.28 bits per heavy atom. The molecule has 0 saturated carbocycles. The minimum absolute atomic E-state index is 0.588. The zero-order chi connectivity index (χ0) is 42.6. The Morgan fingerprint density at radius 2 is 0.677 bits per heavy atom. The summed E-state index contributed by atoms with van der Waals surface area (Å²) >= 11 is 0. The van der Waals surface area contributed by atoms with Crippen molar-refractivity contribution in [1.29, 1.82) is 0 Å². The minimum Gasteiger partial charge on any atom is -0.278 e. The molecular formula is C61H36N4. The number of benzene rings is 11. The van der Waals surface area contributed by atoms with Gasteiger partial charge in [-0.1, -0.05) is 188 Å². The fraction of sp³-hybridized carbons (Fsp3) is 0. The molecule has 14 rings (SSSR count). The number of para-hydroxylation sites is 2. The highest BCUT2D eigenvalue weighted by atomic mass is 15.2. The lowest BCUT2D eigenvalue weighted by molar-refractivity contribution is 0.953. The Bertz CT molecular complexity index is 4170. The summed E-state index contributed by atoms with van der Waals surface area (Å²) in [7, 11) is 0. The monoisotopic (exact) mass is 824 g/mol. The standard InChI is InChI=1S/C61H36N4/c1-2-12-41(13-3-1)59-62-60(64-61(63-59)65-53-24-6-4-19-47(53)48-20-5-7-25-54(48)65)42-31-26-37(27-32-42)43-17-8-18-44(34-43)46-35-45-33-30-40-15-10-22-50-49-21-9-14-38-28-29-39-16-11-23-51(57(39)55(38)49)52(36-46)58(45)56(40)50/h1-36H. The molecule has 0 aliphatic carbocycles. The van der Waals surface area contributed by atoms with E-state index in [1.54, 1.807) is 0 Å². The molecule has 0 atom stereocenters. The van der Waals surface area contributed by atoms with Crippen LogP contribution in [-0.2, 0) is 0 Å². The second-order valence-corrected chi connectivity index (χ2v) is 17.1. The Hall–Kier alpha value is -8.73. The summed E-state index contributed by atoms with van der Waals surface area (Å²) in [5.74, 6) is 1.84. The van der Waals surface area contributed by atoms with E-state index in [1.807, 2.05) is 18.2 Å². The lowest BCUT2D eigenvalue weighted by atomic mass is 9.86. The summed E-state index contributed by atoms with van der Waals surface area (Å²) in [5, 5.41) is 17.7. The summed E-state index contributed by atoms with van der Waals surface area (Å²) in [4.78, 5) is 15.4. The van der Waals surface area contributed by atoms with E-state index in [1.165, 1.54) is 75.8 Å². The maximum atomic E-state index is 5.18. The summed E-state index contributed by atoms with van der Waals surface area (Å²) in [6, 6.07) is 79.0. The lowest BCUT2D eigenvalue weighted by Crippen LogP contribution is -2.06. The van der Waals surface area contributed by atoms with Crippen LogP contribution in [0.2, 0.25) is 0 Å². The maximum Gasteiger partial charge on any atom is 0.238 e. The molecule has 2 heterocycles. The van der Waals surface area contributed by atoms with Crippen molar-refractivity contribution in [2.24, 2.45) is 0 Å². The van der Waals surface area contributed by atoms with Crippen LogP contribution in [0, 0.1) is 0 Å². The van der Waals surface area contributed by atoms with E-state index in [0.717, 1.165) is 44.1 Å². The highest BCUT2D eigenvalue weighted by Gasteiger charge is 2.19. The molecule has 0 aliphatic heterocycles. The van der Waals surface area contributed by atoms with Crippen molar-refractivity contribution in [3.05, 3.63) is 218 Å². The van der Waals surface area contributed by atoms with Gasteiger partial charge >= 0.3 is 0 Å². The van der Waals surface area contributed by atoms with Crippen LogP contribution in [-0.4, -0.2) is 19.5 Å². The van der Waals surface area contributed by atoms with Crippen molar-refractivity contribution in [3.63, 3.8) is 0 Å². The summed E-state index contributed by atoms with van der Waals surface area (Å²) in [5.41, 5.74) is 8.60. The molecule has 0 radical (unpaired) electrons. The van der Waals surface area contributed by atoms with E-state index in [-0.39, 0.29) is 0 Å². The summed E-state index contributed by atoms with van der Waals surface area (Å²) < 4.78 is 2.16. The lowest BCUT2D eigenvalue weighted by Gasteiger charge is -2.17. The van der Waals surface area contributed by atoms with Gasteiger partial charge < -0.3 is 0 Å². The summed E-state index contributed by atoms with van der Waals surface area (Å²) in [6.07, 6.45) is 0. The highest BCUT2D eigenvalue weighted by Crippen LogP contribution is 2.45. The van der Waals surface area contributed by atoms with Crippen LogP contribution >= 0.6 is 0 Å². The zero-order valence-corrected chi connectivity index (χ0v) is 35.1. The predicted molar refractivity (Wildman–Crippen MR) is 272 cm³/mol. The van der Waals surface area contributed by atoms with Gasteiger partial charge in [-0.05, 0) is 117 Å². The van der Waals surface area contributed by atoms with Crippen LogP contribution in [0.1, 0.15) is 0 Å². The third kappa shape index (κ3) is 5.47. The molecule has 65 heavy (non-hydrogen) atoms. The first-order valence-corrected chi connectivity index (χ1v) is 22.2. The maximum absolute atomic E-state index is 5.18. The molecule has 0 unspecified atom stereocenters. The molecular weight excluding hydrogens is 789 g/mol. The van der Waals surface area contributed by atoms with Gasteiger partial charge in [-0.25, -0.2) is 4.98 Å². The Labute approximate surface area is 373 Å². The van der Waals surface area contributed by atoms with Crippen LogP contribution in [0.25, 0.3) is 137 Å². The Morgan fingerprint density at radius 1 is 0.246 bits per heavy atom. The van der Waals surface area contributed by atoms with E-state index < -0.39 is 0 Å². The highest BCUT2D eigenvalue weighted by molar-refractivity contribution is 6.37. The van der Waals surface area contributed by atoms with Gasteiger partial charge in [0.25, 0.3) is 0 Å². The summed E-state index contributed by atoms with van der Waals surface area (Å²) in [6.45, 7) is 0. The molecule has 12 aromatic carbocycles. The van der Waals surface area contributed by atoms with Gasteiger partial charge in [-0.3, -0.25) is 4.57 Å². The largest absolute Gasteiger partial charge is 0.278 e. The predicted octanol–water partition coefficient (Wildman–Crippen LogP) is 16.0. The van der Waals surface area contributed by atoms with Crippen LogP contribution in [0.4, 0.5) is 0 Å². The number of rotatable bonds is 5. The first-order valence-electron chi connectivity index (χ1n) is 22.2. The van der Waals surface area contributed by atoms with Crippen LogP contribution in [0.3, 0.4) is 0 Å². The molecule has 300 valence electrons. The third-order valence-corrected chi connectivity index (χ3v) is 13.5. The molecule has 0 N–H and O–H groups in total. The van der Waals surface area contributed by atoms with Crippen molar-refractivity contribution in [1.82, 2.24) is 19.5 Å².